The number of ether oxygens (including phenoxy) is 1. The maximum atomic E-state index is 13.8. The molecule has 2 aliphatic heterocycles. The summed E-state index contributed by atoms with van der Waals surface area (Å²) in [5.74, 6) is 0.463. The Labute approximate surface area is 229 Å². The highest BCUT2D eigenvalue weighted by molar-refractivity contribution is 6.09. The van der Waals surface area contributed by atoms with Gasteiger partial charge >= 0.3 is 6.03 Å². The van der Waals surface area contributed by atoms with Crippen molar-refractivity contribution in [3.63, 3.8) is 0 Å². The van der Waals surface area contributed by atoms with E-state index in [2.05, 4.69) is 15.1 Å². The number of β-amino-alcohol motifs (C(OH)–C–C–N with tert-alkyl or cyclic N) is 1. The number of piperazine rings is 1. The molecule has 1 atom stereocenters. The third-order valence-electron chi connectivity index (χ3n) is 7.18. The Bertz CT molecular complexity index is 1200. The summed E-state index contributed by atoms with van der Waals surface area (Å²) in [6.45, 7) is 3.41. The Kier molecular flexibility index (Phi) is 8.56. The van der Waals surface area contributed by atoms with Gasteiger partial charge in [0.05, 0.1) is 25.4 Å². The fourth-order valence-electron chi connectivity index (χ4n) is 5.30. The molecule has 5 rings (SSSR count). The minimum absolute atomic E-state index is 0. The van der Waals surface area contributed by atoms with Crippen LogP contribution in [0.5, 0.6) is 5.75 Å². The number of carbonyl (C=O) groups excluding carboxylic acids is 2. The highest BCUT2D eigenvalue weighted by Gasteiger charge is 2.53. The van der Waals surface area contributed by atoms with Gasteiger partial charge in [-0.2, -0.15) is 0 Å². The maximum absolute atomic E-state index is 13.8. The molecule has 0 bridgehead atoms. The first-order valence-corrected chi connectivity index (χ1v) is 12.6. The lowest BCUT2D eigenvalue weighted by Gasteiger charge is -2.37. The van der Waals surface area contributed by atoms with Crippen LogP contribution in [0.2, 0.25) is 0 Å². The first-order valence-electron chi connectivity index (χ1n) is 12.6. The SMILES string of the molecule is COc1ccccc1N1CCN(CC(O)CN2C(=O)NC(c3ccccc3)(c3ccccc3)C2=O)CC1.Cl. The van der Waals surface area contributed by atoms with Crippen molar-refractivity contribution in [1.82, 2.24) is 15.1 Å². The number of rotatable bonds is 8. The van der Waals surface area contributed by atoms with Gasteiger partial charge in [0, 0.05) is 32.7 Å². The number of amides is 3. The maximum Gasteiger partial charge on any atom is 0.325 e. The number of aliphatic hydroxyl groups excluding tert-OH is 1. The van der Waals surface area contributed by atoms with E-state index < -0.39 is 17.7 Å². The number of halogens is 1. The highest BCUT2D eigenvalue weighted by Crippen LogP contribution is 2.36. The smallest absolute Gasteiger partial charge is 0.325 e. The van der Waals surface area contributed by atoms with Gasteiger partial charge in [0.1, 0.15) is 5.75 Å². The fraction of sp³-hybridized carbons (Fsp3) is 0.310. The minimum atomic E-state index is -1.32. The van der Waals surface area contributed by atoms with Crippen molar-refractivity contribution < 1.29 is 19.4 Å². The quantitative estimate of drug-likeness (QED) is 0.430. The summed E-state index contributed by atoms with van der Waals surface area (Å²) in [7, 11) is 1.67. The molecule has 2 aliphatic rings. The number of benzene rings is 3. The molecule has 3 aromatic carbocycles. The highest BCUT2D eigenvalue weighted by atomic mass is 35.5. The summed E-state index contributed by atoms with van der Waals surface area (Å²) in [4.78, 5) is 32.5. The number of nitrogens with zero attached hydrogens (tertiary/aromatic N) is 3. The predicted molar refractivity (Wildman–Crippen MR) is 149 cm³/mol. The Morgan fingerprint density at radius 1 is 0.842 bits per heavy atom. The molecule has 2 fully saturated rings. The number of imide groups is 1. The monoisotopic (exact) mass is 536 g/mol. The summed E-state index contributed by atoms with van der Waals surface area (Å²) in [6, 6.07) is 26.0. The number of urea groups is 1. The van der Waals surface area contributed by atoms with Gasteiger partial charge in [-0.3, -0.25) is 14.6 Å². The number of methoxy groups -OCH3 is 1. The molecule has 1 unspecified atom stereocenters. The molecule has 0 spiro atoms. The Balaban J connectivity index is 0.00000336. The molecule has 2 heterocycles. The van der Waals surface area contributed by atoms with Crippen LogP contribution in [0.4, 0.5) is 10.5 Å². The first-order chi connectivity index (χ1) is 18.0. The van der Waals surface area contributed by atoms with Gasteiger partial charge in [-0.25, -0.2) is 4.79 Å². The van der Waals surface area contributed by atoms with E-state index in [1.807, 2.05) is 84.9 Å². The number of hydrogen-bond donors (Lipinski definition) is 2. The Morgan fingerprint density at radius 3 is 1.97 bits per heavy atom. The summed E-state index contributed by atoms with van der Waals surface area (Å²) in [5.41, 5.74) is 1.11. The van der Waals surface area contributed by atoms with Crippen molar-refractivity contribution in [2.24, 2.45) is 0 Å². The number of carbonyl (C=O) groups is 2. The second-order valence-electron chi connectivity index (χ2n) is 9.44. The number of hydrogen-bond acceptors (Lipinski definition) is 6. The van der Waals surface area contributed by atoms with Crippen LogP contribution in [0.15, 0.2) is 84.9 Å². The van der Waals surface area contributed by atoms with Crippen molar-refractivity contribution in [2.75, 3.05) is 51.3 Å². The van der Waals surface area contributed by atoms with Crippen molar-refractivity contribution in [2.45, 2.75) is 11.6 Å². The molecular formula is C29H33ClN4O4. The zero-order valence-corrected chi connectivity index (χ0v) is 22.1. The van der Waals surface area contributed by atoms with Crippen LogP contribution < -0.4 is 15.0 Å². The number of aliphatic hydroxyl groups is 1. The summed E-state index contributed by atoms with van der Waals surface area (Å²) < 4.78 is 5.49. The van der Waals surface area contributed by atoms with E-state index >= 15 is 0 Å². The van der Waals surface area contributed by atoms with E-state index in [0.717, 1.165) is 42.5 Å². The van der Waals surface area contributed by atoms with E-state index in [-0.39, 0.29) is 24.9 Å². The molecule has 200 valence electrons. The van der Waals surface area contributed by atoms with E-state index in [0.29, 0.717) is 17.7 Å². The molecule has 3 amide bonds. The predicted octanol–water partition coefficient (Wildman–Crippen LogP) is 3.10. The molecular weight excluding hydrogens is 504 g/mol. The number of anilines is 1. The average Bonchev–Trinajstić information content (AvgIpc) is 3.20. The van der Waals surface area contributed by atoms with Crippen LogP contribution in [0.1, 0.15) is 11.1 Å². The second kappa shape index (κ2) is 11.9. The molecule has 8 nitrogen and oxygen atoms in total. The lowest BCUT2D eigenvalue weighted by molar-refractivity contribution is -0.131. The molecule has 0 aromatic heterocycles. The van der Waals surface area contributed by atoms with Gasteiger partial charge in [-0.05, 0) is 23.3 Å². The van der Waals surface area contributed by atoms with E-state index in [1.165, 1.54) is 0 Å². The molecule has 0 saturated carbocycles. The van der Waals surface area contributed by atoms with Crippen LogP contribution in [-0.4, -0.2) is 79.3 Å². The first kappa shape index (κ1) is 27.4. The number of nitrogens with one attached hydrogen (secondary N) is 1. The van der Waals surface area contributed by atoms with Gasteiger partial charge < -0.3 is 20.1 Å². The van der Waals surface area contributed by atoms with Gasteiger partial charge in [-0.1, -0.05) is 72.8 Å². The fourth-order valence-corrected chi connectivity index (χ4v) is 5.30. The van der Waals surface area contributed by atoms with Gasteiger partial charge in [0.2, 0.25) is 0 Å². The molecule has 2 N–H and O–H groups in total. The lowest BCUT2D eigenvalue weighted by atomic mass is 9.82. The van der Waals surface area contributed by atoms with Crippen molar-refractivity contribution in [3.8, 4) is 5.75 Å². The van der Waals surface area contributed by atoms with Crippen molar-refractivity contribution in [1.29, 1.82) is 0 Å². The van der Waals surface area contributed by atoms with Crippen LogP contribution in [0.25, 0.3) is 0 Å². The molecule has 0 aliphatic carbocycles. The van der Waals surface area contributed by atoms with Gasteiger partial charge in [0.15, 0.2) is 5.54 Å². The molecule has 0 radical (unpaired) electrons. The normalized spacial score (nSPS) is 18.1. The molecule has 3 aromatic rings. The van der Waals surface area contributed by atoms with Gasteiger partial charge in [0.25, 0.3) is 5.91 Å². The molecule has 9 heteroatoms. The van der Waals surface area contributed by atoms with Crippen LogP contribution >= 0.6 is 12.4 Å². The molecule has 38 heavy (non-hydrogen) atoms. The zero-order chi connectivity index (χ0) is 25.8. The summed E-state index contributed by atoms with van der Waals surface area (Å²) in [6.07, 6.45) is -0.866. The summed E-state index contributed by atoms with van der Waals surface area (Å²) >= 11 is 0. The lowest BCUT2D eigenvalue weighted by Crippen LogP contribution is -2.51. The molecule has 2 saturated heterocycles. The van der Waals surface area contributed by atoms with E-state index in [1.54, 1.807) is 7.11 Å². The minimum Gasteiger partial charge on any atom is -0.495 e. The Morgan fingerprint density at radius 2 is 1.39 bits per heavy atom. The largest absolute Gasteiger partial charge is 0.495 e. The van der Waals surface area contributed by atoms with Crippen LogP contribution in [0.3, 0.4) is 0 Å². The van der Waals surface area contributed by atoms with E-state index in [9.17, 15) is 14.7 Å². The standard InChI is InChI=1S/C29H32N4O4.ClH/c1-37-26-15-9-8-14-25(26)32-18-16-31(17-19-32)20-24(34)21-33-27(35)29(30-28(33)36,22-10-4-2-5-11-22)23-12-6-3-7-13-23;/h2-15,24,34H,16-21H2,1H3,(H,30,36);1H. The van der Waals surface area contributed by atoms with E-state index in [4.69, 9.17) is 4.74 Å². The summed E-state index contributed by atoms with van der Waals surface area (Å²) in [5, 5.41) is 13.9. The average molecular weight is 537 g/mol. The van der Waals surface area contributed by atoms with Crippen molar-refractivity contribution in [3.05, 3.63) is 96.1 Å². The second-order valence-corrected chi connectivity index (χ2v) is 9.44. The van der Waals surface area contributed by atoms with Crippen molar-refractivity contribution >= 4 is 30.0 Å². The van der Waals surface area contributed by atoms with Gasteiger partial charge in [-0.15, -0.1) is 12.4 Å². The Hall–Kier alpha value is -3.59. The third-order valence-corrected chi connectivity index (χ3v) is 7.18. The zero-order valence-electron chi connectivity index (χ0n) is 21.3. The van der Waals surface area contributed by atoms with Crippen LogP contribution in [0, 0.1) is 0 Å². The third kappa shape index (κ3) is 5.20. The topological polar surface area (TPSA) is 85.3 Å². The van der Waals surface area contributed by atoms with Crippen LogP contribution in [-0.2, 0) is 10.3 Å². The number of para-hydroxylation sites is 2.